The second-order valence-electron chi connectivity index (χ2n) is 7.68. The maximum absolute atomic E-state index is 13.8. The Morgan fingerprint density at radius 2 is 2.00 bits per heavy atom. The summed E-state index contributed by atoms with van der Waals surface area (Å²) in [6.45, 7) is 4.09. The second kappa shape index (κ2) is 8.84. The van der Waals surface area contributed by atoms with Gasteiger partial charge < -0.3 is 13.8 Å². The molecule has 8 nitrogen and oxygen atoms in total. The number of ether oxygens (including phenoxy) is 1. The van der Waals surface area contributed by atoms with Gasteiger partial charge in [-0.2, -0.15) is 13.2 Å². The molecule has 3 heterocycles. The van der Waals surface area contributed by atoms with E-state index in [4.69, 9.17) is 20.9 Å². The van der Waals surface area contributed by atoms with E-state index >= 15 is 0 Å². The average Bonchev–Trinajstić information content (AvgIpc) is 3.30. The molecule has 176 valence electrons. The van der Waals surface area contributed by atoms with Crippen molar-refractivity contribution in [1.29, 1.82) is 0 Å². The predicted molar refractivity (Wildman–Crippen MR) is 116 cm³/mol. The summed E-state index contributed by atoms with van der Waals surface area (Å²) in [5, 5.41) is 4.09. The van der Waals surface area contributed by atoms with Crippen molar-refractivity contribution in [2.24, 2.45) is 5.92 Å². The van der Waals surface area contributed by atoms with Gasteiger partial charge in [-0.3, -0.25) is 0 Å². The Morgan fingerprint density at radius 1 is 1.24 bits per heavy atom. The zero-order chi connectivity index (χ0) is 23.9. The van der Waals surface area contributed by atoms with Crippen LogP contribution < -0.4 is 9.46 Å². The third kappa shape index (κ3) is 4.77. The molecule has 0 saturated heterocycles. The van der Waals surface area contributed by atoms with Crippen LogP contribution in [0.1, 0.15) is 25.1 Å². The number of alkyl halides is 3. The van der Waals surface area contributed by atoms with Crippen LogP contribution >= 0.6 is 11.6 Å². The molecule has 0 spiro atoms. The number of thiol groups is 1. The summed E-state index contributed by atoms with van der Waals surface area (Å²) >= 11 is 6.26. The van der Waals surface area contributed by atoms with Gasteiger partial charge in [-0.1, -0.05) is 30.6 Å². The Bertz CT molecular complexity index is 1400. The summed E-state index contributed by atoms with van der Waals surface area (Å²) in [6.07, 6.45) is -2.33. The lowest BCUT2D eigenvalue weighted by molar-refractivity contribution is -0.136. The summed E-state index contributed by atoms with van der Waals surface area (Å²) < 4.78 is 77.4. The third-order valence-corrected chi connectivity index (χ3v) is 5.46. The van der Waals surface area contributed by atoms with Crippen LogP contribution in [0.15, 0.2) is 35.1 Å². The molecule has 0 aliphatic carbocycles. The summed E-state index contributed by atoms with van der Waals surface area (Å²) in [5.74, 6) is 0.428. The summed E-state index contributed by atoms with van der Waals surface area (Å²) in [5.41, 5.74) is -0.0333. The molecule has 0 fully saturated rings. The molecule has 1 aromatic carbocycles. The van der Waals surface area contributed by atoms with Crippen LogP contribution in [-0.2, 0) is 23.6 Å². The first-order chi connectivity index (χ1) is 15.5. The van der Waals surface area contributed by atoms with Crippen LogP contribution in [0.2, 0.25) is 5.02 Å². The Kier molecular flexibility index (Phi) is 6.25. The van der Waals surface area contributed by atoms with Crippen LogP contribution in [-0.4, -0.2) is 29.7 Å². The SMILES string of the molecule is CC(C)COc1ncc(-n2cc(C(F)(F)F)c3cc4c(CN[SH](=O)=O)noc4cc32)cc1Cl. The number of benzene rings is 1. The number of halogens is 4. The van der Waals surface area contributed by atoms with Gasteiger partial charge in [0, 0.05) is 23.0 Å². The van der Waals surface area contributed by atoms with Crippen molar-refractivity contribution in [3.8, 4) is 11.6 Å². The van der Waals surface area contributed by atoms with Crippen LogP contribution in [0.3, 0.4) is 0 Å². The monoisotopic (exact) mass is 502 g/mol. The molecule has 1 N–H and O–H groups in total. The van der Waals surface area contributed by atoms with Gasteiger partial charge in [-0.25, -0.2) is 18.1 Å². The van der Waals surface area contributed by atoms with Crippen molar-refractivity contribution >= 4 is 44.4 Å². The third-order valence-electron chi connectivity index (χ3n) is 4.78. The molecule has 0 aliphatic rings. The molecule has 33 heavy (non-hydrogen) atoms. The maximum Gasteiger partial charge on any atom is 0.418 e. The molecule has 4 aromatic rings. The van der Waals surface area contributed by atoms with Crippen molar-refractivity contribution < 1.29 is 30.8 Å². The van der Waals surface area contributed by atoms with Gasteiger partial charge in [0.05, 0.1) is 36.1 Å². The van der Waals surface area contributed by atoms with Gasteiger partial charge >= 0.3 is 6.18 Å². The minimum atomic E-state index is -4.65. The Morgan fingerprint density at radius 3 is 2.64 bits per heavy atom. The largest absolute Gasteiger partial charge is 0.476 e. The summed E-state index contributed by atoms with van der Waals surface area (Å²) in [6, 6.07) is 4.16. The van der Waals surface area contributed by atoms with Crippen LogP contribution in [0, 0.1) is 5.92 Å². The van der Waals surface area contributed by atoms with Crippen molar-refractivity contribution in [2.75, 3.05) is 6.61 Å². The smallest absolute Gasteiger partial charge is 0.418 e. The van der Waals surface area contributed by atoms with E-state index in [1.54, 1.807) is 0 Å². The number of hydrogen-bond donors (Lipinski definition) is 2. The van der Waals surface area contributed by atoms with E-state index in [1.807, 2.05) is 13.8 Å². The van der Waals surface area contributed by atoms with Crippen molar-refractivity contribution in [3.05, 3.63) is 46.9 Å². The average molecular weight is 503 g/mol. The summed E-state index contributed by atoms with van der Waals surface area (Å²) in [7, 11) is -2.90. The predicted octanol–water partition coefficient (Wildman–Crippen LogP) is 4.49. The standard InChI is InChI=1S/C20H18ClF3N4O4S/c1-10(2)9-31-19-15(21)3-11(6-25-19)28-8-14(20(22,23)24)12-4-13-16(7-26-33(29)30)27-32-18(13)5-17(12)28/h3-6,8,10,33H,7,9H2,1-2H3,(H,26,29,30). The number of nitrogens with one attached hydrogen (secondary N) is 1. The van der Waals surface area contributed by atoms with E-state index in [0.717, 1.165) is 6.20 Å². The first kappa shape index (κ1) is 23.3. The van der Waals surface area contributed by atoms with E-state index in [-0.39, 0.29) is 50.9 Å². The Labute approximate surface area is 192 Å². The molecule has 0 bridgehead atoms. The normalized spacial score (nSPS) is 12.5. The Hall–Kier alpha value is -2.83. The van der Waals surface area contributed by atoms with Crippen molar-refractivity contribution in [1.82, 2.24) is 19.4 Å². The fourth-order valence-electron chi connectivity index (χ4n) is 3.31. The van der Waals surface area contributed by atoms with E-state index in [0.29, 0.717) is 12.3 Å². The van der Waals surface area contributed by atoms with Crippen molar-refractivity contribution in [2.45, 2.75) is 26.6 Å². The molecule has 0 saturated carbocycles. The molecule has 0 atom stereocenters. The highest BCUT2D eigenvalue weighted by molar-refractivity contribution is 7.70. The lowest BCUT2D eigenvalue weighted by Gasteiger charge is -2.11. The quantitative estimate of drug-likeness (QED) is 0.361. The number of aromatic nitrogens is 3. The summed E-state index contributed by atoms with van der Waals surface area (Å²) in [4.78, 5) is 4.15. The van der Waals surface area contributed by atoms with Crippen LogP contribution in [0.4, 0.5) is 13.2 Å². The molecule has 3 aromatic heterocycles. The number of nitrogens with zero attached hydrogens (tertiary/aromatic N) is 3. The Balaban J connectivity index is 1.85. The number of fused-ring (bicyclic) bond motifs is 2. The molecule has 0 aliphatic heterocycles. The van der Waals surface area contributed by atoms with Gasteiger partial charge in [0.1, 0.15) is 10.7 Å². The highest BCUT2D eigenvalue weighted by Gasteiger charge is 2.35. The zero-order valence-corrected chi connectivity index (χ0v) is 19.0. The second-order valence-corrected chi connectivity index (χ2v) is 8.92. The molecule has 0 amide bonds. The molecule has 0 radical (unpaired) electrons. The first-order valence-electron chi connectivity index (χ1n) is 9.71. The van der Waals surface area contributed by atoms with E-state index in [2.05, 4.69) is 14.9 Å². The molecule has 4 rings (SSSR count). The highest BCUT2D eigenvalue weighted by atomic mass is 35.5. The van der Waals surface area contributed by atoms with Gasteiger partial charge in [0.15, 0.2) is 5.58 Å². The van der Waals surface area contributed by atoms with E-state index < -0.39 is 22.6 Å². The topological polar surface area (TPSA) is 99.2 Å². The van der Waals surface area contributed by atoms with Crippen LogP contribution in [0.5, 0.6) is 5.88 Å². The molecule has 0 unspecified atom stereocenters. The fraction of sp³-hybridized carbons (Fsp3) is 0.300. The molecular formula is C20H18ClF3N4O4S. The molecular weight excluding hydrogens is 485 g/mol. The number of rotatable bonds is 7. The van der Waals surface area contributed by atoms with Gasteiger partial charge in [0.2, 0.25) is 16.8 Å². The van der Waals surface area contributed by atoms with Gasteiger partial charge in [0.25, 0.3) is 0 Å². The maximum atomic E-state index is 13.8. The van der Waals surface area contributed by atoms with Crippen LogP contribution in [0.25, 0.3) is 27.6 Å². The van der Waals surface area contributed by atoms with E-state index in [9.17, 15) is 21.6 Å². The van der Waals surface area contributed by atoms with Gasteiger partial charge in [-0.05, 0) is 18.1 Å². The highest BCUT2D eigenvalue weighted by Crippen LogP contribution is 2.40. The number of hydrogen-bond acceptors (Lipinski definition) is 6. The fourth-order valence-corrected chi connectivity index (χ4v) is 3.81. The minimum Gasteiger partial charge on any atom is -0.476 e. The lowest BCUT2D eigenvalue weighted by Crippen LogP contribution is -2.10. The van der Waals surface area contributed by atoms with E-state index in [1.165, 1.54) is 29.0 Å². The minimum absolute atomic E-state index is 0.109. The van der Waals surface area contributed by atoms with Gasteiger partial charge in [-0.15, -0.1) is 0 Å². The van der Waals surface area contributed by atoms with Crippen molar-refractivity contribution in [3.63, 3.8) is 0 Å². The molecule has 13 heteroatoms. The number of pyridine rings is 1. The zero-order valence-electron chi connectivity index (χ0n) is 17.3. The first-order valence-corrected chi connectivity index (χ1v) is 11.3. The lowest BCUT2D eigenvalue weighted by atomic mass is 10.1.